The Kier molecular flexibility index (Phi) is 34.0. The molecule has 0 aromatic carbocycles. The van der Waals surface area contributed by atoms with Crippen molar-refractivity contribution >= 4 is 25.7 Å². The molecule has 0 aliphatic heterocycles. The number of rotatable bonds is 38. The van der Waals surface area contributed by atoms with Crippen molar-refractivity contribution in [2.24, 2.45) is 5.73 Å². The summed E-state index contributed by atoms with van der Waals surface area (Å²) >= 11 is 0. The van der Waals surface area contributed by atoms with Crippen LogP contribution in [0.15, 0.2) is 12.2 Å². The molecule has 1 unspecified atom stereocenters. The molecule has 0 aromatic rings. The van der Waals surface area contributed by atoms with Crippen molar-refractivity contribution in [1.29, 1.82) is 0 Å². The fraction of sp³-hybridized carbons (Fsp3) is 0.872. The van der Waals surface area contributed by atoms with E-state index >= 15 is 0 Å². The summed E-state index contributed by atoms with van der Waals surface area (Å²) in [4.78, 5) is 45.8. The third-order valence-electron chi connectivity index (χ3n) is 8.76. The van der Waals surface area contributed by atoms with Crippen LogP contribution in [0, 0.1) is 0 Å². The van der Waals surface area contributed by atoms with Gasteiger partial charge in [0.15, 0.2) is 6.10 Å². The van der Waals surface area contributed by atoms with Crippen LogP contribution in [0.25, 0.3) is 0 Å². The monoisotopic (exact) mass is 748 g/mol. The maximum atomic E-state index is 12.6. The SMILES string of the molecule is CCCCCCCC/C=C\CCCCCCCC(=O)O[C@H](COC(=O)CCCCCCCCCCCCCC)COP(=O)(O)OC[C@H](N)C(=O)O. The van der Waals surface area contributed by atoms with Crippen LogP contribution < -0.4 is 5.73 Å². The predicted molar refractivity (Wildman–Crippen MR) is 203 cm³/mol. The standard InChI is InChI=1S/C39H74NO10P/c1-3-5-7-9-11-13-15-17-18-19-21-23-25-27-29-31-38(42)50-35(33-48-51(45,46)49-34-36(40)39(43)44)32-47-37(41)30-28-26-24-22-20-16-14-12-10-8-6-4-2/h17-18,35-36H,3-16,19-34,40H2,1-2H3,(H,43,44)(H,45,46)/b18-17-/t35-,36+/m1/s1. The lowest BCUT2D eigenvalue weighted by atomic mass is 10.0. The van der Waals surface area contributed by atoms with Crippen LogP contribution in [-0.2, 0) is 37.5 Å². The van der Waals surface area contributed by atoms with Crippen LogP contribution in [0.1, 0.15) is 187 Å². The highest BCUT2D eigenvalue weighted by molar-refractivity contribution is 7.47. The van der Waals surface area contributed by atoms with E-state index in [1.807, 2.05) is 0 Å². The molecular formula is C39H74NO10P. The van der Waals surface area contributed by atoms with E-state index in [2.05, 4.69) is 30.5 Å². The molecule has 12 heteroatoms. The van der Waals surface area contributed by atoms with Gasteiger partial charge in [0.05, 0.1) is 13.2 Å². The van der Waals surface area contributed by atoms with Crippen LogP contribution in [0.2, 0.25) is 0 Å². The normalized spacial score (nSPS) is 14.0. The number of hydrogen-bond donors (Lipinski definition) is 3. The Bertz CT molecular complexity index is 932. The van der Waals surface area contributed by atoms with Gasteiger partial charge in [-0.3, -0.25) is 23.4 Å². The lowest BCUT2D eigenvalue weighted by Crippen LogP contribution is -2.34. The van der Waals surface area contributed by atoms with E-state index in [1.165, 1.54) is 89.9 Å². The average molecular weight is 748 g/mol. The van der Waals surface area contributed by atoms with E-state index in [1.54, 1.807) is 0 Å². The second-order valence-corrected chi connectivity index (χ2v) is 15.2. The van der Waals surface area contributed by atoms with Gasteiger partial charge in [-0.15, -0.1) is 0 Å². The Hall–Kier alpha value is -1.78. The second-order valence-electron chi connectivity index (χ2n) is 13.8. The van der Waals surface area contributed by atoms with Crippen molar-refractivity contribution in [3.05, 3.63) is 12.2 Å². The molecule has 0 saturated carbocycles. The molecule has 0 aliphatic carbocycles. The Labute approximate surface area is 309 Å². The fourth-order valence-corrected chi connectivity index (χ4v) is 6.31. The number of hydrogen-bond acceptors (Lipinski definition) is 9. The summed E-state index contributed by atoms with van der Waals surface area (Å²) in [5.41, 5.74) is 5.32. The molecular weight excluding hydrogens is 673 g/mol. The zero-order chi connectivity index (χ0) is 37.8. The van der Waals surface area contributed by atoms with Gasteiger partial charge in [-0.05, 0) is 38.5 Å². The van der Waals surface area contributed by atoms with Crippen molar-refractivity contribution < 1.29 is 47.5 Å². The molecule has 0 rings (SSSR count). The van der Waals surface area contributed by atoms with E-state index in [0.29, 0.717) is 12.8 Å². The number of nitrogens with two attached hydrogens (primary N) is 1. The van der Waals surface area contributed by atoms with Gasteiger partial charge in [-0.2, -0.15) is 0 Å². The van der Waals surface area contributed by atoms with Crippen molar-refractivity contribution in [1.82, 2.24) is 0 Å². The molecule has 0 spiro atoms. The Balaban J connectivity index is 4.41. The van der Waals surface area contributed by atoms with Crippen LogP contribution in [0.4, 0.5) is 0 Å². The number of unbranched alkanes of at least 4 members (excludes halogenated alkanes) is 22. The topological polar surface area (TPSA) is 172 Å². The number of phosphoric ester groups is 1. The van der Waals surface area contributed by atoms with Crippen molar-refractivity contribution in [3.8, 4) is 0 Å². The van der Waals surface area contributed by atoms with E-state index in [0.717, 1.165) is 57.8 Å². The molecule has 4 N–H and O–H groups in total. The number of esters is 2. The molecule has 11 nitrogen and oxygen atoms in total. The minimum absolute atomic E-state index is 0.155. The van der Waals surface area contributed by atoms with Crippen molar-refractivity contribution in [3.63, 3.8) is 0 Å². The first-order chi connectivity index (χ1) is 24.6. The summed E-state index contributed by atoms with van der Waals surface area (Å²) in [5.74, 6) is -2.38. The van der Waals surface area contributed by atoms with Gasteiger partial charge in [0.1, 0.15) is 12.6 Å². The zero-order valence-electron chi connectivity index (χ0n) is 32.2. The van der Waals surface area contributed by atoms with E-state index in [4.69, 9.17) is 24.8 Å². The number of ether oxygens (including phenoxy) is 2. The van der Waals surface area contributed by atoms with Crippen LogP contribution >= 0.6 is 7.82 Å². The summed E-state index contributed by atoms with van der Waals surface area (Å²) < 4.78 is 32.6. The largest absolute Gasteiger partial charge is 0.480 e. The number of phosphoric acid groups is 1. The second kappa shape index (κ2) is 35.3. The van der Waals surface area contributed by atoms with Gasteiger partial charge in [-0.25, -0.2) is 4.57 Å². The number of carbonyl (C=O) groups excluding carboxylic acids is 2. The molecule has 300 valence electrons. The minimum atomic E-state index is -4.71. The number of carboxylic acid groups (broad SMARTS) is 1. The summed E-state index contributed by atoms with van der Waals surface area (Å²) in [6.45, 7) is 2.78. The first kappa shape index (κ1) is 49.2. The van der Waals surface area contributed by atoms with Gasteiger partial charge < -0.3 is 25.2 Å². The maximum absolute atomic E-state index is 12.6. The molecule has 0 radical (unpaired) electrons. The molecule has 0 aromatic heterocycles. The highest BCUT2D eigenvalue weighted by atomic mass is 31.2. The fourth-order valence-electron chi connectivity index (χ4n) is 5.53. The number of allylic oxidation sites excluding steroid dienone is 2. The van der Waals surface area contributed by atoms with Gasteiger partial charge in [0, 0.05) is 12.8 Å². The average Bonchev–Trinajstić information content (AvgIpc) is 3.10. The molecule has 0 amide bonds. The number of carboxylic acids is 1. The minimum Gasteiger partial charge on any atom is -0.480 e. The molecule has 0 saturated heterocycles. The van der Waals surface area contributed by atoms with E-state index in [9.17, 15) is 23.8 Å². The summed E-state index contributed by atoms with van der Waals surface area (Å²) in [6, 6.07) is -1.52. The summed E-state index contributed by atoms with van der Waals surface area (Å²) in [7, 11) is -4.71. The first-order valence-corrected chi connectivity index (χ1v) is 21.7. The predicted octanol–water partition coefficient (Wildman–Crippen LogP) is 10.1. The van der Waals surface area contributed by atoms with Gasteiger partial charge in [-0.1, -0.05) is 148 Å². The number of aliphatic carboxylic acids is 1. The first-order valence-electron chi connectivity index (χ1n) is 20.2. The van der Waals surface area contributed by atoms with Crippen molar-refractivity contribution in [2.45, 2.75) is 199 Å². The lowest BCUT2D eigenvalue weighted by molar-refractivity contribution is -0.161. The maximum Gasteiger partial charge on any atom is 0.472 e. The van der Waals surface area contributed by atoms with Crippen molar-refractivity contribution in [2.75, 3.05) is 19.8 Å². The highest BCUT2D eigenvalue weighted by Gasteiger charge is 2.28. The molecule has 0 fully saturated rings. The number of carbonyl (C=O) groups is 3. The van der Waals surface area contributed by atoms with Gasteiger partial charge in [0.2, 0.25) is 0 Å². The van der Waals surface area contributed by atoms with E-state index in [-0.39, 0.29) is 19.4 Å². The Morgan fingerprint density at radius 1 is 0.588 bits per heavy atom. The summed E-state index contributed by atoms with van der Waals surface area (Å²) in [6.07, 6.45) is 32.7. The van der Waals surface area contributed by atoms with Crippen LogP contribution in [0.5, 0.6) is 0 Å². The third-order valence-corrected chi connectivity index (χ3v) is 9.71. The van der Waals surface area contributed by atoms with Gasteiger partial charge in [0.25, 0.3) is 0 Å². The third kappa shape index (κ3) is 35.0. The molecule has 3 atom stereocenters. The lowest BCUT2D eigenvalue weighted by Gasteiger charge is -2.20. The smallest absolute Gasteiger partial charge is 0.472 e. The summed E-state index contributed by atoms with van der Waals surface area (Å²) in [5, 5.41) is 8.86. The van der Waals surface area contributed by atoms with Crippen LogP contribution in [-0.4, -0.2) is 59.9 Å². The Morgan fingerprint density at radius 3 is 1.43 bits per heavy atom. The van der Waals surface area contributed by atoms with E-state index < -0.39 is 51.1 Å². The highest BCUT2D eigenvalue weighted by Crippen LogP contribution is 2.43. The van der Waals surface area contributed by atoms with Gasteiger partial charge >= 0.3 is 25.7 Å². The Morgan fingerprint density at radius 2 is 0.980 bits per heavy atom. The quantitative estimate of drug-likeness (QED) is 0.0237. The zero-order valence-corrected chi connectivity index (χ0v) is 33.1. The molecule has 0 bridgehead atoms. The molecule has 51 heavy (non-hydrogen) atoms. The molecule has 0 heterocycles. The molecule has 0 aliphatic rings. The van der Waals surface area contributed by atoms with Crippen LogP contribution in [0.3, 0.4) is 0 Å².